The van der Waals surface area contributed by atoms with Crippen molar-refractivity contribution >= 4 is 23.3 Å². The first-order valence-electron chi connectivity index (χ1n) is 6.98. The van der Waals surface area contributed by atoms with Gasteiger partial charge in [-0.1, -0.05) is 25.8 Å². The van der Waals surface area contributed by atoms with Gasteiger partial charge in [0.25, 0.3) is 0 Å². The highest BCUT2D eigenvalue weighted by atomic mass is 32.2. The number of nitrogens with one attached hydrogen (secondary N) is 1. The van der Waals surface area contributed by atoms with E-state index in [-0.39, 0.29) is 5.84 Å². The number of nitrogens with zero attached hydrogens (tertiary/aromatic N) is 1. The van der Waals surface area contributed by atoms with E-state index in [9.17, 15) is 0 Å². The molecule has 1 aliphatic rings. The van der Waals surface area contributed by atoms with Crippen LogP contribution in [-0.2, 0) is 0 Å². The average Bonchev–Trinajstić information content (AvgIpc) is 2.91. The molecule has 0 radical (unpaired) electrons. The predicted octanol–water partition coefficient (Wildman–Crippen LogP) is 3.46. The standard InChI is InChI=1S/C15H23N3S/c1-3-19-13-10-6-9-12(14(13)15(16)17)18(2)11-7-4-5-8-11/h6,9-11H,3-5,7-8H2,1-2H3,(H3,16,17). The number of benzene rings is 1. The summed E-state index contributed by atoms with van der Waals surface area (Å²) in [4.78, 5) is 3.45. The van der Waals surface area contributed by atoms with E-state index in [2.05, 4.69) is 37.1 Å². The Hall–Kier alpha value is -1.16. The lowest BCUT2D eigenvalue weighted by atomic mass is 10.1. The second kappa shape index (κ2) is 6.33. The zero-order chi connectivity index (χ0) is 13.8. The molecular formula is C15H23N3S. The third-order valence-corrected chi connectivity index (χ3v) is 4.77. The van der Waals surface area contributed by atoms with Crippen LogP contribution in [0.15, 0.2) is 23.1 Å². The smallest absolute Gasteiger partial charge is 0.126 e. The molecule has 1 aliphatic carbocycles. The minimum Gasteiger partial charge on any atom is -0.384 e. The Balaban J connectivity index is 2.37. The van der Waals surface area contributed by atoms with E-state index in [1.54, 1.807) is 11.8 Å². The normalized spacial score (nSPS) is 15.7. The Labute approximate surface area is 120 Å². The van der Waals surface area contributed by atoms with Crippen molar-refractivity contribution < 1.29 is 0 Å². The number of amidine groups is 1. The van der Waals surface area contributed by atoms with Crippen LogP contribution < -0.4 is 10.6 Å². The van der Waals surface area contributed by atoms with E-state index < -0.39 is 0 Å². The molecule has 0 unspecified atom stereocenters. The first kappa shape index (κ1) is 14.3. The Morgan fingerprint density at radius 2 is 2.11 bits per heavy atom. The van der Waals surface area contributed by atoms with Crippen LogP contribution in [0.5, 0.6) is 0 Å². The van der Waals surface area contributed by atoms with Crippen LogP contribution in [0.1, 0.15) is 38.2 Å². The molecule has 2 rings (SSSR count). The number of hydrogen-bond acceptors (Lipinski definition) is 3. The molecule has 0 amide bonds. The van der Waals surface area contributed by atoms with Gasteiger partial charge in [0.15, 0.2) is 0 Å². The molecule has 0 aliphatic heterocycles. The highest BCUT2D eigenvalue weighted by Gasteiger charge is 2.23. The van der Waals surface area contributed by atoms with Gasteiger partial charge in [0.1, 0.15) is 5.84 Å². The molecular weight excluding hydrogens is 254 g/mol. The summed E-state index contributed by atoms with van der Waals surface area (Å²) in [7, 11) is 2.14. The van der Waals surface area contributed by atoms with Gasteiger partial charge in [-0.25, -0.2) is 0 Å². The predicted molar refractivity (Wildman–Crippen MR) is 84.5 cm³/mol. The maximum Gasteiger partial charge on any atom is 0.126 e. The number of thioether (sulfide) groups is 1. The Kier molecular flexibility index (Phi) is 4.75. The molecule has 1 aromatic carbocycles. The molecule has 0 spiro atoms. The van der Waals surface area contributed by atoms with Gasteiger partial charge in [0.2, 0.25) is 0 Å². The zero-order valence-corrected chi connectivity index (χ0v) is 12.6. The van der Waals surface area contributed by atoms with Gasteiger partial charge in [0.05, 0.1) is 5.56 Å². The summed E-state index contributed by atoms with van der Waals surface area (Å²) in [5.74, 6) is 1.17. The van der Waals surface area contributed by atoms with Crippen LogP contribution in [0.2, 0.25) is 0 Å². The third-order valence-electron chi connectivity index (χ3n) is 3.83. The summed E-state index contributed by atoms with van der Waals surface area (Å²) in [5, 5.41) is 7.90. The van der Waals surface area contributed by atoms with Crippen molar-refractivity contribution in [2.45, 2.75) is 43.5 Å². The van der Waals surface area contributed by atoms with Crippen LogP contribution in [0, 0.1) is 5.41 Å². The fourth-order valence-electron chi connectivity index (χ4n) is 2.85. The second-order valence-corrected chi connectivity index (χ2v) is 6.35. The summed E-state index contributed by atoms with van der Waals surface area (Å²) in [6.45, 7) is 2.13. The molecule has 104 valence electrons. The highest BCUT2D eigenvalue weighted by Crippen LogP contribution is 2.33. The monoisotopic (exact) mass is 277 g/mol. The van der Waals surface area contributed by atoms with Crippen LogP contribution >= 0.6 is 11.8 Å². The summed E-state index contributed by atoms with van der Waals surface area (Å²) in [6.07, 6.45) is 5.12. The minimum atomic E-state index is 0.177. The maximum atomic E-state index is 7.90. The number of nitrogen functional groups attached to an aromatic ring is 1. The van der Waals surface area contributed by atoms with E-state index in [0.29, 0.717) is 6.04 Å². The molecule has 1 saturated carbocycles. The largest absolute Gasteiger partial charge is 0.384 e. The SMILES string of the molecule is CCSc1cccc(N(C)C2CCCC2)c1C(=N)N. The lowest BCUT2D eigenvalue weighted by Gasteiger charge is -2.29. The molecule has 0 atom stereocenters. The number of nitrogens with two attached hydrogens (primary N) is 1. The molecule has 0 heterocycles. The Morgan fingerprint density at radius 1 is 1.42 bits per heavy atom. The summed E-state index contributed by atoms with van der Waals surface area (Å²) < 4.78 is 0. The van der Waals surface area contributed by atoms with Crippen LogP contribution in [0.25, 0.3) is 0 Å². The van der Waals surface area contributed by atoms with Crippen molar-refractivity contribution in [1.29, 1.82) is 5.41 Å². The average molecular weight is 277 g/mol. The molecule has 4 heteroatoms. The number of hydrogen-bond donors (Lipinski definition) is 2. The third kappa shape index (κ3) is 3.06. The van der Waals surface area contributed by atoms with Crippen molar-refractivity contribution in [3.63, 3.8) is 0 Å². The van der Waals surface area contributed by atoms with Gasteiger partial charge in [-0.15, -0.1) is 11.8 Å². The van der Waals surface area contributed by atoms with Gasteiger partial charge in [-0.2, -0.15) is 0 Å². The van der Waals surface area contributed by atoms with Gasteiger partial charge in [-0.3, -0.25) is 5.41 Å². The number of rotatable bonds is 5. The Bertz CT molecular complexity index is 453. The van der Waals surface area contributed by atoms with Crippen molar-refractivity contribution in [3.8, 4) is 0 Å². The van der Waals surface area contributed by atoms with E-state index in [1.807, 2.05) is 0 Å². The van der Waals surface area contributed by atoms with Gasteiger partial charge in [0, 0.05) is 23.7 Å². The van der Waals surface area contributed by atoms with Gasteiger partial charge >= 0.3 is 0 Å². The van der Waals surface area contributed by atoms with Crippen molar-refractivity contribution in [2.24, 2.45) is 5.73 Å². The van der Waals surface area contributed by atoms with Crippen LogP contribution in [0.4, 0.5) is 5.69 Å². The van der Waals surface area contributed by atoms with E-state index in [4.69, 9.17) is 11.1 Å². The second-order valence-electron chi connectivity index (χ2n) is 5.05. The van der Waals surface area contributed by atoms with Gasteiger partial charge < -0.3 is 10.6 Å². The summed E-state index contributed by atoms with van der Waals surface area (Å²) in [6, 6.07) is 6.83. The van der Waals surface area contributed by atoms with E-state index >= 15 is 0 Å². The lowest BCUT2D eigenvalue weighted by molar-refractivity contribution is 0.652. The summed E-state index contributed by atoms with van der Waals surface area (Å²) >= 11 is 1.76. The Morgan fingerprint density at radius 3 is 2.68 bits per heavy atom. The summed E-state index contributed by atoms with van der Waals surface area (Å²) in [5.41, 5.74) is 7.84. The topological polar surface area (TPSA) is 53.1 Å². The molecule has 19 heavy (non-hydrogen) atoms. The van der Waals surface area contributed by atoms with E-state index in [1.165, 1.54) is 25.7 Å². The first-order valence-corrected chi connectivity index (χ1v) is 7.96. The molecule has 0 bridgehead atoms. The van der Waals surface area contributed by atoms with Crippen LogP contribution in [-0.4, -0.2) is 24.7 Å². The van der Waals surface area contributed by atoms with Crippen molar-refractivity contribution in [1.82, 2.24) is 0 Å². The molecule has 1 fully saturated rings. The highest BCUT2D eigenvalue weighted by molar-refractivity contribution is 7.99. The van der Waals surface area contributed by atoms with Crippen molar-refractivity contribution in [2.75, 3.05) is 17.7 Å². The number of anilines is 1. The molecule has 3 N–H and O–H groups in total. The minimum absolute atomic E-state index is 0.177. The molecule has 0 aromatic heterocycles. The molecule has 0 saturated heterocycles. The zero-order valence-electron chi connectivity index (χ0n) is 11.8. The quantitative estimate of drug-likeness (QED) is 0.492. The lowest BCUT2D eigenvalue weighted by Crippen LogP contribution is -2.31. The van der Waals surface area contributed by atoms with Crippen molar-refractivity contribution in [3.05, 3.63) is 23.8 Å². The molecule has 1 aromatic rings. The fourth-order valence-corrected chi connectivity index (χ4v) is 3.69. The van der Waals surface area contributed by atoms with Crippen LogP contribution in [0.3, 0.4) is 0 Å². The fraction of sp³-hybridized carbons (Fsp3) is 0.533. The van der Waals surface area contributed by atoms with E-state index in [0.717, 1.165) is 21.9 Å². The molecule has 3 nitrogen and oxygen atoms in total. The first-order chi connectivity index (χ1) is 9.15. The van der Waals surface area contributed by atoms with Gasteiger partial charge in [-0.05, 0) is 30.7 Å². The maximum absolute atomic E-state index is 7.90.